The smallest absolute Gasteiger partial charge is 0.337 e. The Morgan fingerprint density at radius 1 is 1.33 bits per heavy atom. The van der Waals surface area contributed by atoms with Gasteiger partial charge in [-0.1, -0.05) is 23.9 Å². The van der Waals surface area contributed by atoms with Gasteiger partial charge in [-0.25, -0.2) is 9.78 Å². The summed E-state index contributed by atoms with van der Waals surface area (Å²) in [7, 11) is 1.35. The summed E-state index contributed by atoms with van der Waals surface area (Å²) in [5.74, 6) is 0.279. The van der Waals surface area contributed by atoms with Crippen LogP contribution in [0.4, 0.5) is 5.69 Å². The Morgan fingerprint density at radius 3 is 2.92 bits per heavy atom. The van der Waals surface area contributed by atoms with Crippen molar-refractivity contribution in [2.75, 3.05) is 7.11 Å². The Labute approximate surface area is 145 Å². The number of carbonyl (C=O) groups is 1. The summed E-state index contributed by atoms with van der Waals surface area (Å²) in [4.78, 5) is 26.4. The lowest BCUT2D eigenvalue weighted by Gasteiger charge is -2.02. The summed E-state index contributed by atoms with van der Waals surface area (Å²) in [5, 5.41) is 10.8. The van der Waals surface area contributed by atoms with E-state index in [2.05, 4.69) is 4.98 Å². The van der Waals surface area contributed by atoms with Gasteiger partial charge in [0.2, 0.25) is 0 Å². The number of carbonyl (C=O) groups excluding carboxylic acids is 1. The highest BCUT2D eigenvalue weighted by atomic mass is 32.2. The quantitative estimate of drug-likeness (QED) is 0.292. The van der Waals surface area contributed by atoms with Gasteiger partial charge in [0, 0.05) is 17.9 Å². The highest BCUT2D eigenvalue weighted by Gasteiger charge is 2.11. The average Bonchev–Trinajstić information content (AvgIpc) is 3.01. The van der Waals surface area contributed by atoms with E-state index >= 15 is 0 Å². The molecule has 1 aromatic heterocycles. The minimum atomic E-state index is -0.412. The van der Waals surface area contributed by atoms with Crippen molar-refractivity contribution in [3.05, 3.63) is 63.7 Å². The number of nitrogens with zero attached hydrogens (tertiary/aromatic N) is 2. The summed E-state index contributed by atoms with van der Waals surface area (Å²) < 4.78 is 6.33. The maximum absolute atomic E-state index is 11.5. The largest absolute Gasteiger partial charge is 0.465 e. The standard InChI is InChI=1S/C16H12N2O4S2/c1-22-15(19)11-4-2-3-10(7-11)9-23-16-17-13-6-5-12(18(20)21)8-14(13)24-16/h2-8H,9H2,1H3. The molecule has 0 saturated heterocycles. The minimum absolute atomic E-state index is 0.0634. The normalized spacial score (nSPS) is 10.7. The molecular formula is C16H12N2O4S2. The lowest BCUT2D eigenvalue weighted by Crippen LogP contribution is -2.01. The molecular weight excluding hydrogens is 348 g/mol. The van der Waals surface area contributed by atoms with Crippen LogP contribution in [-0.2, 0) is 10.5 Å². The zero-order valence-corrected chi connectivity index (χ0v) is 14.2. The van der Waals surface area contributed by atoms with E-state index < -0.39 is 4.92 Å². The second-order valence-corrected chi connectivity index (χ2v) is 7.12. The number of hydrogen-bond donors (Lipinski definition) is 0. The van der Waals surface area contributed by atoms with Crippen molar-refractivity contribution in [2.45, 2.75) is 10.1 Å². The molecule has 3 aromatic rings. The lowest BCUT2D eigenvalue weighted by atomic mass is 10.1. The van der Waals surface area contributed by atoms with Gasteiger partial charge in [-0.2, -0.15) is 0 Å². The predicted molar refractivity (Wildman–Crippen MR) is 93.6 cm³/mol. The fraction of sp³-hybridized carbons (Fsp3) is 0.125. The first-order valence-corrected chi connectivity index (χ1v) is 8.72. The monoisotopic (exact) mass is 360 g/mol. The van der Waals surface area contributed by atoms with Gasteiger partial charge in [0.05, 0.1) is 27.8 Å². The van der Waals surface area contributed by atoms with E-state index in [0.717, 1.165) is 20.1 Å². The first-order valence-electron chi connectivity index (χ1n) is 6.92. The Kier molecular flexibility index (Phi) is 4.77. The zero-order chi connectivity index (χ0) is 17.1. The molecule has 6 nitrogen and oxygen atoms in total. The van der Waals surface area contributed by atoms with Crippen molar-refractivity contribution in [2.24, 2.45) is 0 Å². The molecule has 0 bridgehead atoms. The molecule has 2 aromatic carbocycles. The summed E-state index contributed by atoms with van der Waals surface area (Å²) in [6.07, 6.45) is 0. The number of thiazole rings is 1. The Bertz CT molecular complexity index is 923. The predicted octanol–water partition coefficient (Wildman–Crippen LogP) is 4.28. The van der Waals surface area contributed by atoms with Gasteiger partial charge in [-0.3, -0.25) is 10.1 Å². The Hall–Kier alpha value is -2.45. The highest BCUT2D eigenvalue weighted by Crippen LogP contribution is 2.33. The second kappa shape index (κ2) is 6.98. The van der Waals surface area contributed by atoms with Crippen LogP contribution in [0.3, 0.4) is 0 Å². The van der Waals surface area contributed by atoms with Crippen molar-refractivity contribution in [3.63, 3.8) is 0 Å². The number of nitro benzene ring substituents is 1. The van der Waals surface area contributed by atoms with Crippen molar-refractivity contribution in [3.8, 4) is 0 Å². The van der Waals surface area contributed by atoms with Crippen LogP contribution >= 0.6 is 23.1 Å². The van der Waals surface area contributed by atoms with Crippen LogP contribution in [0.15, 0.2) is 46.8 Å². The molecule has 3 rings (SSSR count). The highest BCUT2D eigenvalue weighted by molar-refractivity contribution is 8.00. The molecule has 0 radical (unpaired) electrons. The van der Waals surface area contributed by atoms with E-state index in [-0.39, 0.29) is 11.7 Å². The van der Waals surface area contributed by atoms with Crippen molar-refractivity contribution >= 4 is 45.0 Å². The number of esters is 1. The first kappa shape index (κ1) is 16.4. The number of aromatic nitrogens is 1. The molecule has 1 heterocycles. The Balaban J connectivity index is 1.76. The number of methoxy groups -OCH3 is 1. The summed E-state index contributed by atoms with van der Waals surface area (Å²) in [5.41, 5.74) is 2.30. The van der Waals surface area contributed by atoms with Crippen LogP contribution in [0.2, 0.25) is 0 Å². The van der Waals surface area contributed by atoms with Gasteiger partial charge in [0.25, 0.3) is 5.69 Å². The average molecular weight is 360 g/mol. The van der Waals surface area contributed by atoms with E-state index in [1.54, 1.807) is 18.2 Å². The molecule has 0 saturated carbocycles. The third kappa shape index (κ3) is 3.55. The van der Waals surface area contributed by atoms with Crippen LogP contribution in [0.1, 0.15) is 15.9 Å². The van der Waals surface area contributed by atoms with Gasteiger partial charge in [0.1, 0.15) is 0 Å². The van der Waals surface area contributed by atoms with Crippen molar-refractivity contribution in [1.82, 2.24) is 4.98 Å². The summed E-state index contributed by atoms with van der Waals surface area (Å²) in [6.45, 7) is 0. The summed E-state index contributed by atoms with van der Waals surface area (Å²) in [6, 6.07) is 11.9. The second-order valence-electron chi connectivity index (χ2n) is 4.87. The van der Waals surface area contributed by atoms with E-state index in [0.29, 0.717) is 11.3 Å². The first-order chi connectivity index (χ1) is 11.6. The van der Waals surface area contributed by atoms with Gasteiger partial charge in [0.15, 0.2) is 4.34 Å². The van der Waals surface area contributed by atoms with E-state index in [1.807, 2.05) is 12.1 Å². The number of ether oxygens (including phenoxy) is 1. The molecule has 0 aliphatic rings. The van der Waals surface area contributed by atoms with Crippen LogP contribution in [0, 0.1) is 10.1 Å². The molecule has 0 fully saturated rings. The maximum Gasteiger partial charge on any atom is 0.337 e. The molecule has 0 N–H and O–H groups in total. The van der Waals surface area contributed by atoms with E-state index in [1.165, 1.54) is 42.3 Å². The topological polar surface area (TPSA) is 82.3 Å². The number of rotatable bonds is 5. The molecule has 0 aliphatic carbocycles. The number of thioether (sulfide) groups is 1. The van der Waals surface area contributed by atoms with Crippen LogP contribution in [0.5, 0.6) is 0 Å². The summed E-state index contributed by atoms with van der Waals surface area (Å²) >= 11 is 2.95. The van der Waals surface area contributed by atoms with Crippen LogP contribution in [0.25, 0.3) is 10.2 Å². The molecule has 0 amide bonds. The molecule has 122 valence electrons. The van der Waals surface area contributed by atoms with E-state index in [4.69, 9.17) is 4.74 Å². The van der Waals surface area contributed by atoms with Gasteiger partial charge >= 0.3 is 5.97 Å². The van der Waals surface area contributed by atoms with E-state index in [9.17, 15) is 14.9 Å². The molecule has 8 heteroatoms. The lowest BCUT2D eigenvalue weighted by molar-refractivity contribution is -0.384. The number of benzene rings is 2. The van der Waals surface area contributed by atoms with Gasteiger partial charge < -0.3 is 4.74 Å². The molecule has 0 atom stereocenters. The SMILES string of the molecule is COC(=O)c1cccc(CSc2nc3ccc([N+](=O)[O-])cc3s2)c1. The van der Waals surface area contributed by atoms with Crippen molar-refractivity contribution < 1.29 is 14.5 Å². The molecule has 0 unspecified atom stereocenters. The van der Waals surface area contributed by atoms with Gasteiger partial charge in [-0.05, 0) is 23.8 Å². The molecule has 0 spiro atoms. The number of hydrogen-bond acceptors (Lipinski definition) is 7. The molecule has 0 aliphatic heterocycles. The fourth-order valence-electron chi connectivity index (χ4n) is 2.12. The van der Waals surface area contributed by atoms with Crippen molar-refractivity contribution in [1.29, 1.82) is 0 Å². The zero-order valence-electron chi connectivity index (χ0n) is 12.6. The number of fused-ring (bicyclic) bond motifs is 1. The molecule has 24 heavy (non-hydrogen) atoms. The fourth-order valence-corrected chi connectivity index (χ4v) is 4.16. The number of nitro groups is 1. The maximum atomic E-state index is 11.5. The van der Waals surface area contributed by atoms with Gasteiger partial charge in [-0.15, -0.1) is 11.3 Å². The third-order valence-corrected chi connectivity index (χ3v) is 5.51. The van der Waals surface area contributed by atoms with Crippen LogP contribution in [-0.4, -0.2) is 23.0 Å². The minimum Gasteiger partial charge on any atom is -0.465 e. The number of non-ortho nitro benzene ring substituents is 1. The third-order valence-electron chi connectivity index (χ3n) is 3.27. The Morgan fingerprint density at radius 2 is 2.17 bits per heavy atom. The van der Waals surface area contributed by atoms with Crippen LogP contribution < -0.4 is 0 Å².